The van der Waals surface area contributed by atoms with Gasteiger partial charge in [0.25, 0.3) is 0 Å². The van der Waals surface area contributed by atoms with Crippen molar-refractivity contribution in [1.82, 2.24) is 0 Å². The largest absolute Gasteiger partial charge is 0.496 e. The minimum absolute atomic E-state index is 0.302. The number of anilines is 1. The number of rotatable bonds is 2. The summed E-state index contributed by atoms with van der Waals surface area (Å²) in [5, 5.41) is 3.74. The van der Waals surface area contributed by atoms with Crippen LogP contribution < -0.4 is 10.1 Å². The van der Waals surface area contributed by atoms with Crippen molar-refractivity contribution in [1.29, 1.82) is 0 Å². The van der Waals surface area contributed by atoms with Crippen LogP contribution in [0.5, 0.6) is 5.75 Å². The maximum Gasteiger partial charge on any atom is 0.124 e. The van der Waals surface area contributed by atoms with E-state index in [9.17, 15) is 0 Å². The van der Waals surface area contributed by atoms with Gasteiger partial charge >= 0.3 is 0 Å². The zero-order valence-electron chi connectivity index (χ0n) is 12.1. The Labute approximate surface area is 125 Å². The lowest BCUT2D eigenvalue weighted by Gasteiger charge is -2.37. The lowest BCUT2D eigenvalue weighted by molar-refractivity contribution is 0.381. The summed E-state index contributed by atoms with van der Waals surface area (Å²) in [5.41, 5.74) is 3.93. The second-order valence-electron chi connectivity index (χ2n) is 5.80. The maximum absolute atomic E-state index is 5.57. The van der Waals surface area contributed by atoms with Gasteiger partial charge in [0.1, 0.15) is 5.75 Å². The molecule has 1 aliphatic heterocycles. The molecule has 1 heterocycles. The second kappa shape index (κ2) is 4.96. The van der Waals surface area contributed by atoms with Crippen LogP contribution in [0.15, 0.2) is 60.7 Å². The number of allylic oxidation sites excluding steroid dienone is 2. The van der Waals surface area contributed by atoms with Crippen LogP contribution >= 0.6 is 0 Å². The van der Waals surface area contributed by atoms with Crippen molar-refractivity contribution < 1.29 is 4.74 Å². The van der Waals surface area contributed by atoms with Gasteiger partial charge in [-0.1, -0.05) is 48.6 Å². The summed E-state index contributed by atoms with van der Waals surface area (Å²) in [6.45, 7) is 0. The Morgan fingerprint density at radius 3 is 2.62 bits per heavy atom. The number of fused-ring (bicyclic) bond motifs is 3. The van der Waals surface area contributed by atoms with Crippen molar-refractivity contribution in [3.8, 4) is 5.75 Å². The molecule has 0 fully saturated rings. The molecule has 0 saturated carbocycles. The molecule has 0 spiro atoms. The number of para-hydroxylation sites is 2. The highest BCUT2D eigenvalue weighted by Gasteiger charge is 2.38. The first-order valence-corrected chi connectivity index (χ1v) is 7.53. The van der Waals surface area contributed by atoms with E-state index in [1.165, 1.54) is 16.8 Å². The van der Waals surface area contributed by atoms with E-state index < -0.39 is 0 Å². The predicted octanol–water partition coefficient (Wildman–Crippen LogP) is 4.52. The molecule has 2 aromatic rings. The van der Waals surface area contributed by atoms with E-state index in [2.05, 4.69) is 59.9 Å². The van der Waals surface area contributed by atoms with Gasteiger partial charge in [-0.2, -0.15) is 0 Å². The minimum Gasteiger partial charge on any atom is -0.496 e. The molecule has 0 aromatic heterocycles. The SMILES string of the molecule is COc1ccccc1C1Nc2ccccc2C2C=CCC21. The Bertz CT molecular complexity index is 691. The van der Waals surface area contributed by atoms with Gasteiger partial charge in [0, 0.05) is 17.2 Å². The standard InChI is InChI=1S/C19H19NO/c1-21-18-12-5-3-8-16(18)19-15-10-6-9-13(15)14-7-2-4-11-17(14)20-19/h2-9,11-13,15,19-20H,10H2,1H3. The third kappa shape index (κ3) is 1.94. The summed E-state index contributed by atoms with van der Waals surface area (Å²) in [5.74, 6) is 2.05. The molecule has 0 amide bonds. The molecule has 0 saturated heterocycles. The highest BCUT2D eigenvalue weighted by atomic mass is 16.5. The van der Waals surface area contributed by atoms with Crippen molar-refractivity contribution in [3.63, 3.8) is 0 Å². The van der Waals surface area contributed by atoms with Crippen LogP contribution in [0.4, 0.5) is 5.69 Å². The number of hydrogen-bond acceptors (Lipinski definition) is 2. The summed E-state index contributed by atoms with van der Waals surface area (Å²) in [6.07, 6.45) is 5.81. The van der Waals surface area contributed by atoms with Gasteiger partial charge in [0.05, 0.1) is 13.2 Å². The van der Waals surface area contributed by atoms with Crippen LogP contribution in [0.1, 0.15) is 29.5 Å². The molecule has 2 aliphatic rings. The number of ether oxygens (including phenoxy) is 1. The molecule has 1 aliphatic carbocycles. The molecule has 21 heavy (non-hydrogen) atoms. The Hall–Kier alpha value is -2.22. The second-order valence-corrected chi connectivity index (χ2v) is 5.80. The molecular weight excluding hydrogens is 258 g/mol. The minimum atomic E-state index is 0.302. The summed E-state index contributed by atoms with van der Waals surface area (Å²) in [6, 6.07) is 17.3. The molecule has 2 nitrogen and oxygen atoms in total. The average molecular weight is 277 g/mol. The van der Waals surface area contributed by atoms with Gasteiger partial charge in [0.2, 0.25) is 0 Å². The van der Waals surface area contributed by atoms with Crippen molar-refractivity contribution in [3.05, 3.63) is 71.8 Å². The maximum atomic E-state index is 5.57. The zero-order chi connectivity index (χ0) is 14.2. The Balaban J connectivity index is 1.81. The summed E-state index contributed by atoms with van der Waals surface area (Å²) >= 11 is 0. The Kier molecular flexibility index (Phi) is 2.95. The first-order chi connectivity index (χ1) is 10.4. The molecule has 3 unspecified atom stereocenters. The molecule has 1 N–H and O–H groups in total. The highest BCUT2D eigenvalue weighted by Crippen LogP contribution is 2.50. The highest BCUT2D eigenvalue weighted by molar-refractivity contribution is 5.60. The fourth-order valence-electron chi connectivity index (χ4n) is 3.77. The Morgan fingerprint density at radius 1 is 1.00 bits per heavy atom. The van der Waals surface area contributed by atoms with E-state index in [-0.39, 0.29) is 0 Å². The van der Waals surface area contributed by atoms with Crippen molar-refractivity contribution in [2.45, 2.75) is 18.4 Å². The number of benzene rings is 2. The first kappa shape index (κ1) is 12.5. The van der Waals surface area contributed by atoms with E-state index in [4.69, 9.17) is 4.74 Å². The topological polar surface area (TPSA) is 21.3 Å². The molecule has 0 bridgehead atoms. The molecule has 0 radical (unpaired) electrons. The first-order valence-electron chi connectivity index (χ1n) is 7.53. The van der Waals surface area contributed by atoms with Crippen LogP contribution in [0.25, 0.3) is 0 Å². The lowest BCUT2D eigenvalue weighted by Crippen LogP contribution is -2.29. The Morgan fingerprint density at radius 2 is 1.76 bits per heavy atom. The monoisotopic (exact) mass is 277 g/mol. The van der Waals surface area contributed by atoms with Crippen LogP contribution in [-0.4, -0.2) is 7.11 Å². The lowest BCUT2D eigenvalue weighted by atomic mass is 9.77. The van der Waals surface area contributed by atoms with Crippen molar-refractivity contribution in [2.24, 2.45) is 5.92 Å². The predicted molar refractivity (Wildman–Crippen MR) is 85.8 cm³/mol. The molecule has 2 heteroatoms. The van der Waals surface area contributed by atoms with Crippen LogP contribution in [-0.2, 0) is 0 Å². The molecule has 3 atom stereocenters. The van der Waals surface area contributed by atoms with E-state index >= 15 is 0 Å². The number of hydrogen-bond donors (Lipinski definition) is 1. The third-order valence-corrected chi connectivity index (χ3v) is 4.75. The zero-order valence-corrected chi connectivity index (χ0v) is 12.1. The molecule has 4 rings (SSSR count). The van der Waals surface area contributed by atoms with Gasteiger partial charge < -0.3 is 10.1 Å². The van der Waals surface area contributed by atoms with E-state index in [0.717, 1.165) is 12.2 Å². The fourth-order valence-corrected chi connectivity index (χ4v) is 3.77. The van der Waals surface area contributed by atoms with Gasteiger partial charge in [-0.25, -0.2) is 0 Å². The third-order valence-electron chi connectivity index (χ3n) is 4.75. The van der Waals surface area contributed by atoms with Crippen LogP contribution in [0.2, 0.25) is 0 Å². The van der Waals surface area contributed by atoms with E-state index in [1.807, 2.05) is 6.07 Å². The van der Waals surface area contributed by atoms with Crippen molar-refractivity contribution in [2.75, 3.05) is 12.4 Å². The fraction of sp³-hybridized carbons (Fsp3) is 0.263. The molecular formula is C19H19NO. The van der Waals surface area contributed by atoms with Crippen LogP contribution in [0.3, 0.4) is 0 Å². The quantitative estimate of drug-likeness (QED) is 0.815. The normalized spacial score (nSPS) is 25.9. The van der Waals surface area contributed by atoms with Gasteiger partial charge in [-0.05, 0) is 30.0 Å². The van der Waals surface area contributed by atoms with E-state index in [1.54, 1.807) is 7.11 Å². The summed E-state index contributed by atoms with van der Waals surface area (Å²) in [7, 11) is 1.75. The van der Waals surface area contributed by atoms with Gasteiger partial charge in [0.15, 0.2) is 0 Å². The number of nitrogens with one attached hydrogen (secondary N) is 1. The summed E-state index contributed by atoms with van der Waals surface area (Å²) < 4.78 is 5.57. The van der Waals surface area contributed by atoms with Gasteiger partial charge in [-0.15, -0.1) is 0 Å². The number of methoxy groups -OCH3 is 1. The van der Waals surface area contributed by atoms with Crippen LogP contribution in [0, 0.1) is 5.92 Å². The molecule has 106 valence electrons. The molecule has 2 aromatic carbocycles. The van der Waals surface area contributed by atoms with Crippen molar-refractivity contribution >= 4 is 5.69 Å². The summed E-state index contributed by atoms with van der Waals surface area (Å²) in [4.78, 5) is 0. The average Bonchev–Trinajstić information content (AvgIpc) is 3.04. The smallest absolute Gasteiger partial charge is 0.124 e. The van der Waals surface area contributed by atoms with Gasteiger partial charge in [-0.3, -0.25) is 0 Å². The van der Waals surface area contributed by atoms with E-state index in [0.29, 0.717) is 17.9 Å².